The number of nitrogens with zero attached hydrogens (tertiary/aromatic N) is 2. The van der Waals surface area contributed by atoms with Crippen molar-refractivity contribution in [3.8, 4) is 0 Å². The third-order valence-corrected chi connectivity index (χ3v) is 6.26. The minimum Gasteiger partial charge on any atom is -0.383 e. The number of aromatic nitrogens is 2. The summed E-state index contributed by atoms with van der Waals surface area (Å²) in [6.07, 6.45) is 2.59. The van der Waals surface area contributed by atoms with E-state index in [0.717, 1.165) is 35.6 Å². The Morgan fingerprint density at radius 3 is 2.25 bits per heavy atom. The number of nitrogen functional groups attached to an aromatic ring is 1. The molecular formula is C20H26F2N4O5S. The summed E-state index contributed by atoms with van der Waals surface area (Å²) in [5.74, 6) is -4.43. The maximum Gasteiger partial charge on any atom is 0.341 e. The molecule has 176 valence electrons. The number of sulfone groups is 1. The molecule has 0 bridgehead atoms. The number of unbranched alkanes of at least 4 members (excludes halogenated alkanes) is 2. The predicted octanol–water partition coefficient (Wildman–Crippen LogP) is 2.36. The summed E-state index contributed by atoms with van der Waals surface area (Å²) in [5, 5.41) is 0. The summed E-state index contributed by atoms with van der Waals surface area (Å²) in [7, 11) is -4.81. The van der Waals surface area contributed by atoms with Crippen molar-refractivity contribution in [2.45, 2.75) is 56.7 Å². The number of hydrogen-bond donors (Lipinski definition) is 2. The quantitative estimate of drug-likeness (QED) is 0.545. The van der Waals surface area contributed by atoms with Crippen molar-refractivity contribution >= 4 is 27.2 Å². The molecule has 0 spiro atoms. The highest BCUT2D eigenvalue weighted by molar-refractivity contribution is 7.91. The number of rotatable bonds is 10. The second-order valence-corrected chi connectivity index (χ2v) is 9.06. The van der Waals surface area contributed by atoms with Crippen LogP contribution in [0.5, 0.6) is 0 Å². The van der Waals surface area contributed by atoms with Crippen molar-refractivity contribution < 1.29 is 22.0 Å². The lowest BCUT2D eigenvalue weighted by Crippen LogP contribution is -2.41. The minimum absolute atomic E-state index is 0.0283. The van der Waals surface area contributed by atoms with Crippen molar-refractivity contribution in [3.63, 3.8) is 0 Å². The fourth-order valence-corrected chi connectivity index (χ4v) is 3.77. The van der Waals surface area contributed by atoms with Gasteiger partial charge >= 0.3 is 11.4 Å². The fraction of sp³-hybridized carbons (Fsp3) is 0.450. The molecule has 0 unspecified atom stereocenters. The second kappa shape index (κ2) is 10.5. The lowest BCUT2D eigenvalue weighted by Gasteiger charge is -2.24. The van der Waals surface area contributed by atoms with Crippen LogP contribution in [0.4, 0.5) is 20.3 Å². The van der Waals surface area contributed by atoms with E-state index in [2.05, 4.69) is 4.98 Å². The monoisotopic (exact) mass is 472 g/mol. The number of amides is 1. The van der Waals surface area contributed by atoms with Gasteiger partial charge in [0.2, 0.25) is 9.84 Å². The molecule has 2 rings (SSSR count). The smallest absolute Gasteiger partial charge is 0.341 e. The highest BCUT2D eigenvalue weighted by atomic mass is 32.2. The average molecular weight is 473 g/mol. The Labute approximate surface area is 183 Å². The molecule has 3 N–H and O–H groups in total. The summed E-state index contributed by atoms with van der Waals surface area (Å²) in [5.41, 5.74) is 4.38. The first-order valence-electron chi connectivity index (χ1n) is 10.1. The standard InChI is InChI=1S/C20H26F2N4O5S/c1-3-5-11-25(15-16(23)26(12-6-4-2)20(29)24-17(15)27)18(28)13-7-9-14(10-8-13)32(30,31)19(21)22/h7-10,19H,3-6,11-12,23H2,1-2H3,(H,24,27,29). The van der Waals surface area contributed by atoms with E-state index in [-0.39, 0.29) is 30.2 Å². The van der Waals surface area contributed by atoms with Gasteiger partial charge < -0.3 is 10.6 Å². The zero-order valence-electron chi connectivity index (χ0n) is 17.8. The van der Waals surface area contributed by atoms with E-state index in [9.17, 15) is 31.6 Å². The molecule has 12 heteroatoms. The fourth-order valence-electron chi connectivity index (χ4n) is 3.05. The molecule has 9 nitrogen and oxygen atoms in total. The maximum atomic E-state index is 13.2. The van der Waals surface area contributed by atoms with Crippen molar-refractivity contribution in [3.05, 3.63) is 50.7 Å². The van der Waals surface area contributed by atoms with Crippen LogP contribution in [0.15, 0.2) is 38.8 Å². The molecule has 0 saturated heterocycles. The van der Waals surface area contributed by atoms with Crippen LogP contribution >= 0.6 is 0 Å². The van der Waals surface area contributed by atoms with Crippen LogP contribution < -0.4 is 21.9 Å². The number of nitrogens with one attached hydrogen (secondary N) is 1. The molecule has 2 aromatic rings. The van der Waals surface area contributed by atoms with Crippen LogP contribution in [0.1, 0.15) is 49.9 Å². The molecule has 0 radical (unpaired) electrons. The normalized spacial score (nSPS) is 11.7. The van der Waals surface area contributed by atoms with E-state index in [0.29, 0.717) is 19.3 Å². The van der Waals surface area contributed by atoms with Crippen LogP contribution in [0.25, 0.3) is 0 Å². The van der Waals surface area contributed by atoms with E-state index < -0.39 is 37.6 Å². The molecule has 0 aliphatic carbocycles. The third-order valence-electron chi connectivity index (χ3n) is 4.86. The van der Waals surface area contributed by atoms with Crippen molar-refractivity contribution in [2.75, 3.05) is 17.2 Å². The highest BCUT2D eigenvalue weighted by Gasteiger charge is 2.28. The van der Waals surface area contributed by atoms with Crippen LogP contribution in [-0.4, -0.2) is 36.2 Å². The Bertz CT molecular complexity index is 1170. The molecule has 0 aliphatic heterocycles. The second-order valence-electron chi connectivity index (χ2n) is 7.14. The van der Waals surface area contributed by atoms with Crippen LogP contribution in [-0.2, 0) is 16.4 Å². The Morgan fingerprint density at radius 1 is 1.12 bits per heavy atom. The Hall–Kier alpha value is -3.02. The van der Waals surface area contributed by atoms with Gasteiger partial charge in [-0.3, -0.25) is 19.1 Å². The lowest BCUT2D eigenvalue weighted by atomic mass is 10.1. The van der Waals surface area contributed by atoms with Crippen LogP contribution in [0, 0.1) is 0 Å². The van der Waals surface area contributed by atoms with E-state index in [1.165, 1.54) is 4.57 Å². The number of hydrogen-bond acceptors (Lipinski definition) is 6. The van der Waals surface area contributed by atoms with Crippen molar-refractivity contribution in [1.29, 1.82) is 0 Å². The molecule has 32 heavy (non-hydrogen) atoms. The van der Waals surface area contributed by atoms with Crippen molar-refractivity contribution in [2.24, 2.45) is 0 Å². The zero-order chi connectivity index (χ0) is 24.1. The largest absolute Gasteiger partial charge is 0.383 e. The summed E-state index contributed by atoms with van der Waals surface area (Å²) in [6.45, 7) is 4.15. The molecule has 1 aromatic heterocycles. The predicted molar refractivity (Wildman–Crippen MR) is 117 cm³/mol. The first-order chi connectivity index (χ1) is 15.1. The van der Waals surface area contributed by atoms with Gasteiger partial charge in [-0.05, 0) is 37.1 Å². The molecule has 1 aromatic carbocycles. The van der Waals surface area contributed by atoms with Gasteiger partial charge in [0.1, 0.15) is 5.82 Å². The van der Waals surface area contributed by atoms with E-state index >= 15 is 0 Å². The maximum absolute atomic E-state index is 13.2. The first-order valence-corrected chi connectivity index (χ1v) is 11.7. The van der Waals surface area contributed by atoms with E-state index in [1.807, 2.05) is 13.8 Å². The Balaban J connectivity index is 2.54. The number of benzene rings is 1. The SMILES string of the molecule is CCCCN(C(=O)c1ccc(S(=O)(=O)C(F)F)cc1)c1c(N)n(CCCC)c(=O)[nH]c1=O. The molecule has 0 saturated carbocycles. The summed E-state index contributed by atoms with van der Waals surface area (Å²) in [4.78, 5) is 40.6. The molecule has 0 fully saturated rings. The summed E-state index contributed by atoms with van der Waals surface area (Å²) in [6, 6.07) is 3.99. The number of halogens is 2. The molecular weight excluding hydrogens is 446 g/mol. The molecule has 0 aliphatic rings. The molecule has 0 atom stereocenters. The number of nitrogens with two attached hydrogens (primary N) is 1. The van der Waals surface area contributed by atoms with Gasteiger partial charge in [-0.15, -0.1) is 0 Å². The van der Waals surface area contributed by atoms with Gasteiger partial charge in [0.05, 0.1) is 4.90 Å². The summed E-state index contributed by atoms with van der Waals surface area (Å²) < 4.78 is 49.9. The number of carbonyl (C=O) groups excluding carboxylic acids is 1. The van der Waals surface area contributed by atoms with E-state index in [1.54, 1.807) is 0 Å². The van der Waals surface area contributed by atoms with Gasteiger partial charge in [0.25, 0.3) is 11.5 Å². The van der Waals surface area contributed by atoms with Gasteiger partial charge in [-0.25, -0.2) is 13.2 Å². The van der Waals surface area contributed by atoms with Gasteiger partial charge in [0.15, 0.2) is 5.69 Å². The van der Waals surface area contributed by atoms with Gasteiger partial charge in [-0.2, -0.15) is 8.78 Å². The van der Waals surface area contributed by atoms with Crippen LogP contribution in [0.3, 0.4) is 0 Å². The summed E-state index contributed by atoms with van der Waals surface area (Å²) >= 11 is 0. The van der Waals surface area contributed by atoms with Gasteiger partial charge in [0, 0.05) is 18.7 Å². The number of anilines is 2. The third kappa shape index (κ3) is 5.23. The Kier molecular flexibility index (Phi) is 8.31. The van der Waals surface area contributed by atoms with Gasteiger partial charge in [-0.1, -0.05) is 26.7 Å². The number of aromatic amines is 1. The molecule has 1 heterocycles. The first kappa shape index (κ1) is 25.2. The Morgan fingerprint density at radius 2 is 1.72 bits per heavy atom. The lowest BCUT2D eigenvalue weighted by molar-refractivity contribution is 0.0986. The number of carbonyl (C=O) groups is 1. The van der Waals surface area contributed by atoms with Crippen molar-refractivity contribution in [1.82, 2.24) is 9.55 Å². The zero-order valence-corrected chi connectivity index (χ0v) is 18.6. The van der Waals surface area contributed by atoms with Crippen LogP contribution in [0.2, 0.25) is 0 Å². The molecule has 1 amide bonds. The average Bonchev–Trinajstić information content (AvgIpc) is 2.75. The topological polar surface area (TPSA) is 135 Å². The number of alkyl halides is 2. The number of H-pyrrole nitrogens is 1. The highest BCUT2D eigenvalue weighted by Crippen LogP contribution is 2.23. The van der Waals surface area contributed by atoms with E-state index in [4.69, 9.17) is 5.73 Å². The minimum atomic E-state index is -4.81.